The van der Waals surface area contributed by atoms with Gasteiger partial charge in [-0.3, -0.25) is 0 Å². The first kappa shape index (κ1) is 23.4. The van der Waals surface area contributed by atoms with E-state index < -0.39 is 27.9 Å². The predicted octanol–water partition coefficient (Wildman–Crippen LogP) is 4.23. The summed E-state index contributed by atoms with van der Waals surface area (Å²) in [6, 6.07) is 31.1. The fourth-order valence-corrected chi connectivity index (χ4v) is 22.0. The molecule has 0 radical (unpaired) electrons. The quantitative estimate of drug-likeness (QED) is 0.220. The zero-order valence-electron chi connectivity index (χ0n) is 17.1. The van der Waals surface area contributed by atoms with Crippen molar-refractivity contribution in [2.75, 3.05) is 11.5 Å². The van der Waals surface area contributed by atoms with Crippen LogP contribution in [-0.4, -0.2) is 33.7 Å². The molecular weight excluding hydrogens is 447 g/mol. The second kappa shape index (κ2) is 11.4. The molecule has 0 aliphatic rings. The Hall–Kier alpha value is -2.27. The van der Waals surface area contributed by atoms with Crippen LogP contribution < -0.4 is 15.9 Å². The van der Waals surface area contributed by atoms with Crippen molar-refractivity contribution in [3.63, 3.8) is 0 Å². The van der Waals surface area contributed by atoms with E-state index in [9.17, 15) is 19.8 Å². The van der Waals surface area contributed by atoms with Crippen LogP contribution in [0, 0.1) is 0 Å². The Morgan fingerprint density at radius 3 is 1.42 bits per heavy atom. The number of aliphatic carboxylic acids is 2. The van der Waals surface area contributed by atoms with Crippen LogP contribution >= 0.6 is 26.8 Å². The van der Waals surface area contributed by atoms with Gasteiger partial charge in [-0.1, -0.05) is 0 Å². The van der Waals surface area contributed by atoms with Gasteiger partial charge in [-0.05, 0) is 0 Å². The maximum atomic E-state index is 11.5. The molecule has 0 saturated heterocycles. The number of hydrogen-bond acceptors (Lipinski definition) is 3. The molecule has 0 saturated carbocycles. The molecule has 164 valence electrons. The van der Waals surface area contributed by atoms with E-state index in [4.69, 9.17) is 0 Å². The van der Waals surface area contributed by atoms with Gasteiger partial charge in [0.2, 0.25) is 0 Å². The summed E-state index contributed by atoms with van der Waals surface area (Å²) >= 11 is 0. The molecule has 31 heavy (non-hydrogen) atoms. The first-order chi connectivity index (χ1) is 15.0. The van der Waals surface area contributed by atoms with Crippen molar-refractivity contribution in [3.05, 3.63) is 91.0 Å². The van der Waals surface area contributed by atoms with Crippen LogP contribution in [0.2, 0.25) is 0 Å². The molecule has 0 aliphatic heterocycles. The van der Waals surface area contributed by atoms with Gasteiger partial charge in [0.1, 0.15) is 0 Å². The summed E-state index contributed by atoms with van der Waals surface area (Å²) in [5.41, 5.74) is 0. The zero-order valence-corrected chi connectivity index (χ0v) is 19.8. The molecule has 3 rings (SSSR count). The van der Waals surface area contributed by atoms with Crippen LogP contribution in [0.3, 0.4) is 0 Å². The molecule has 1 unspecified atom stereocenters. The average molecular weight is 475 g/mol. The molecule has 0 aliphatic carbocycles. The number of carbonyl (C=O) groups is 2. The molecule has 0 fully saturated rings. The summed E-state index contributed by atoms with van der Waals surface area (Å²) < 4.78 is 0. The van der Waals surface area contributed by atoms with E-state index in [1.807, 2.05) is 54.6 Å². The summed E-state index contributed by atoms with van der Waals surface area (Å²) in [6.45, 7) is -2.62. The van der Waals surface area contributed by atoms with Crippen LogP contribution in [0.5, 0.6) is 0 Å². The van der Waals surface area contributed by atoms with Gasteiger partial charge < -0.3 is 0 Å². The van der Waals surface area contributed by atoms with Gasteiger partial charge in [0.15, 0.2) is 0 Å². The summed E-state index contributed by atoms with van der Waals surface area (Å²) in [5, 5.41) is 22.4. The fraction of sp³-hybridized carbons (Fsp3) is 0.167. The van der Waals surface area contributed by atoms with E-state index in [1.165, 1.54) is 15.9 Å². The third-order valence-electron chi connectivity index (χ3n) is 5.04. The molecule has 3 aromatic carbocycles. The van der Waals surface area contributed by atoms with Gasteiger partial charge in [0.25, 0.3) is 0 Å². The van der Waals surface area contributed by atoms with Crippen LogP contribution in [-0.2, 0) is 9.59 Å². The number of thiol groups is 1. The second-order valence-corrected chi connectivity index (χ2v) is 18.8. The summed E-state index contributed by atoms with van der Waals surface area (Å²) in [6.07, 6.45) is 0.145. The van der Waals surface area contributed by atoms with Crippen molar-refractivity contribution in [2.24, 2.45) is 0 Å². The fourth-order valence-electron chi connectivity index (χ4n) is 3.74. The van der Waals surface area contributed by atoms with Crippen LogP contribution in [0.15, 0.2) is 91.0 Å². The van der Waals surface area contributed by atoms with Crippen molar-refractivity contribution in [3.8, 4) is 0 Å². The van der Waals surface area contributed by atoms with Crippen molar-refractivity contribution in [1.29, 1.82) is 0 Å². The maximum absolute atomic E-state index is 11.5. The zero-order chi connectivity index (χ0) is 22.1. The topological polar surface area (TPSA) is 74.6 Å². The van der Waals surface area contributed by atoms with E-state index >= 15 is 0 Å². The van der Waals surface area contributed by atoms with Crippen molar-refractivity contribution in [2.45, 2.75) is 12.8 Å². The number of carboxylic acids is 2. The minimum atomic E-state index is -2.62. The van der Waals surface area contributed by atoms with Crippen molar-refractivity contribution >= 4 is 54.7 Å². The van der Waals surface area contributed by atoms with Crippen molar-refractivity contribution in [1.82, 2.24) is 0 Å². The first-order valence-electron chi connectivity index (χ1n) is 10.1. The van der Waals surface area contributed by atoms with Gasteiger partial charge in [-0.15, -0.1) is 0 Å². The molecule has 0 aromatic heterocycles. The van der Waals surface area contributed by atoms with Crippen LogP contribution in [0.4, 0.5) is 0 Å². The summed E-state index contributed by atoms with van der Waals surface area (Å²) in [5.74, 6) is -0.627. The summed E-state index contributed by atoms with van der Waals surface area (Å²) in [4.78, 5) is 22.8. The molecular formula is C24H27O4PS2. The number of rotatable bonds is 11. The van der Waals surface area contributed by atoms with E-state index in [0.717, 1.165) is 0 Å². The number of benzene rings is 3. The molecule has 4 nitrogen and oxygen atoms in total. The Kier molecular flexibility index (Phi) is 8.59. The Bertz CT molecular complexity index is 888. The molecule has 0 heterocycles. The van der Waals surface area contributed by atoms with E-state index in [0.29, 0.717) is 11.5 Å². The Morgan fingerprint density at radius 2 is 1.06 bits per heavy atom. The van der Waals surface area contributed by atoms with Crippen molar-refractivity contribution < 1.29 is 19.8 Å². The van der Waals surface area contributed by atoms with Gasteiger partial charge in [-0.25, -0.2) is 0 Å². The Labute approximate surface area is 189 Å². The monoisotopic (exact) mass is 474 g/mol. The van der Waals surface area contributed by atoms with Gasteiger partial charge in [0.05, 0.1) is 0 Å². The molecule has 2 N–H and O–H groups in total. The first-order valence-corrected chi connectivity index (χ1v) is 16.0. The average Bonchev–Trinajstić information content (AvgIpc) is 2.79. The van der Waals surface area contributed by atoms with Crippen LogP contribution in [0.1, 0.15) is 12.8 Å². The molecule has 0 spiro atoms. The molecule has 7 heteroatoms. The minimum absolute atomic E-state index is 0.0689. The van der Waals surface area contributed by atoms with Crippen LogP contribution in [0.25, 0.3) is 0 Å². The molecule has 0 amide bonds. The Balaban J connectivity index is 2.24. The summed E-state index contributed by atoms with van der Waals surface area (Å²) in [7, 11) is 0.777. The van der Waals surface area contributed by atoms with Gasteiger partial charge >= 0.3 is 190 Å². The Morgan fingerprint density at radius 1 is 0.677 bits per heavy atom. The normalized spacial score (nSPS) is 13.4. The van der Waals surface area contributed by atoms with Gasteiger partial charge in [-0.2, -0.15) is 0 Å². The van der Waals surface area contributed by atoms with E-state index in [-0.39, 0.29) is 12.8 Å². The van der Waals surface area contributed by atoms with Gasteiger partial charge in [0, 0.05) is 0 Å². The van der Waals surface area contributed by atoms with E-state index in [2.05, 4.69) is 36.4 Å². The number of hydrogen-bond donors (Lipinski definition) is 3. The van der Waals surface area contributed by atoms with E-state index in [1.54, 1.807) is 10.8 Å². The number of carboxylic acid groups (broad SMARTS) is 2. The predicted molar refractivity (Wildman–Crippen MR) is 137 cm³/mol. The second-order valence-electron chi connectivity index (χ2n) is 7.03. The molecule has 3 aromatic rings. The standard InChI is InChI=1S/C24H27O4PS2/c25-23(26)16-18-30-31(19-17-24(27)28)29(20-10-4-1-5-11-20,21-12-6-2-7-13-21)22-14-8-3-9-15-22/h1-15,29,31H,16-19H2,(H,25,26)(H,27,28). The SMILES string of the molecule is O=C(O)CCS[SH](CCC(=O)O)[PH](c1ccccc1)(c1ccccc1)c1ccccc1. The molecule has 0 bridgehead atoms. The third-order valence-corrected chi connectivity index (χ3v) is 21.5. The molecule has 1 atom stereocenters. The third kappa shape index (κ3) is 5.70.